The van der Waals surface area contributed by atoms with Crippen LogP contribution in [0, 0.1) is 11.8 Å². The topological polar surface area (TPSA) is 58.2 Å². The molecule has 130 valence electrons. The highest BCUT2D eigenvalue weighted by molar-refractivity contribution is 5.91. The van der Waals surface area contributed by atoms with Gasteiger partial charge < -0.3 is 14.6 Å². The SMILES string of the molecule is O=C(/C=C/c1cnc[nH]1)N1C[C@H]2CC(OCc3ccccc3)C[C@H]2C1. The number of nitrogens with one attached hydrogen (secondary N) is 1. The maximum atomic E-state index is 12.3. The van der Waals surface area contributed by atoms with Crippen molar-refractivity contribution in [2.24, 2.45) is 11.8 Å². The molecule has 1 saturated carbocycles. The summed E-state index contributed by atoms with van der Waals surface area (Å²) in [5.41, 5.74) is 2.07. The van der Waals surface area contributed by atoms with Crippen molar-refractivity contribution in [1.29, 1.82) is 0 Å². The minimum Gasteiger partial charge on any atom is -0.374 e. The lowest BCUT2D eigenvalue weighted by molar-refractivity contribution is -0.125. The lowest BCUT2D eigenvalue weighted by Gasteiger charge is -2.18. The minimum absolute atomic E-state index is 0.0887. The number of aromatic amines is 1. The van der Waals surface area contributed by atoms with Crippen molar-refractivity contribution in [3.63, 3.8) is 0 Å². The van der Waals surface area contributed by atoms with Crippen molar-refractivity contribution in [3.8, 4) is 0 Å². The fraction of sp³-hybridized carbons (Fsp3) is 0.400. The number of carbonyl (C=O) groups excluding carboxylic acids is 1. The number of nitrogens with zero attached hydrogens (tertiary/aromatic N) is 2. The molecule has 2 fully saturated rings. The summed E-state index contributed by atoms with van der Waals surface area (Å²) in [4.78, 5) is 21.2. The first kappa shape index (κ1) is 16.1. The van der Waals surface area contributed by atoms with Gasteiger partial charge in [-0.3, -0.25) is 4.79 Å². The van der Waals surface area contributed by atoms with Gasteiger partial charge in [0.05, 0.1) is 30.9 Å². The summed E-state index contributed by atoms with van der Waals surface area (Å²) in [6.07, 6.45) is 9.19. The summed E-state index contributed by atoms with van der Waals surface area (Å²) in [5, 5.41) is 0. The van der Waals surface area contributed by atoms with Crippen LogP contribution in [0.2, 0.25) is 0 Å². The Morgan fingerprint density at radius 3 is 2.68 bits per heavy atom. The van der Waals surface area contributed by atoms with Crippen molar-refractivity contribution in [3.05, 3.63) is 60.2 Å². The summed E-state index contributed by atoms with van der Waals surface area (Å²) in [7, 11) is 0. The molecular formula is C20H23N3O2. The lowest BCUT2D eigenvalue weighted by Crippen LogP contribution is -2.28. The largest absolute Gasteiger partial charge is 0.374 e. The number of rotatable bonds is 5. The molecule has 5 nitrogen and oxygen atoms in total. The molecule has 1 amide bonds. The smallest absolute Gasteiger partial charge is 0.246 e. The third-order valence-corrected chi connectivity index (χ3v) is 5.27. The van der Waals surface area contributed by atoms with E-state index in [0.29, 0.717) is 24.5 Å². The van der Waals surface area contributed by atoms with Crippen LogP contribution in [0.1, 0.15) is 24.1 Å². The molecule has 0 radical (unpaired) electrons. The van der Waals surface area contributed by atoms with Gasteiger partial charge in [-0.15, -0.1) is 0 Å². The number of aromatic nitrogens is 2. The van der Waals surface area contributed by atoms with Crippen LogP contribution in [-0.4, -0.2) is 40.0 Å². The second-order valence-electron chi connectivity index (χ2n) is 6.99. The molecule has 1 aromatic heterocycles. The number of carbonyl (C=O) groups is 1. The van der Waals surface area contributed by atoms with Crippen molar-refractivity contribution < 1.29 is 9.53 Å². The van der Waals surface area contributed by atoms with E-state index in [4.69, 9.17) is 4.74 Å². The molecule has 2 aliphatic rings. The number of amides is 1. The fourth-order valence-electron chi connectivity index (χ4n) is 3.97. The van der Waals surface area contributed by atoms with Crippen molar-refractivity contribution in [2.75, 3.05) is 13.1 Å². The maximum absolute atomic E-state index is 12.3. The first-order valence-electron chi connectivity index (χ1n) is 8.89. The van der Waals surface area contributed by atoms with E-state index in [1.165, 1.54) is 5.56 Å². The Bertz CT molecular complexity index is 713. The van der Waals surface area contributed by atoms with Crippen LogP contribution in [0.15, 0.2) is 48.9 Å². The molecule has 1 aromatic carbocycles. The van der Waals surface area contributed by atoms with E-state index in [1.54, 1.807) is 24.7 Å². The summed E-state index contributed by atoms with van der Waals surface area (Å²) in [6.45, 7) is 2.38. The van der Waals surface area contributed by atoms with Gasteiger partial charge >= 0.3 is 0 Å². The minimum atomic E-state index is 0.0887. The van der Waals surface area contributed by atoms with Gasteiger partial charge in [-0.1, -0.05) is 30.3 Å². The standard InChI is InChI=1S/C20H23N3O2/c24-20(7-6-18-10-21-14-22-18)23-11-16-8-19(9-17(16)12-23)25-13-15-4-2-1-3-5-15/h1-7,10,14,16-17,19H,8-9,11-13H2,(H,21,22)/b7-6+/t16-,17+,19?. The first-order chi connectivity index (χ1) is 12.3. The molecule has 4 rings (SSSR count). The maximum Gasteiger partial charge on any atom is 0.246 e. The first-order valence-corrected chi connectivity index (χ1v) is 8.89. The monoisotopic (exact) mass is 337 g/mol. The molecular weight excluding hydrogens is 314 g/mol. The number of hydrogen-bond donors (Lipinski definition) is 1. The van der Waals surface area contributed by atoms with Gasteiger partial charge in [-0.2, -0.15) is 0 Å². The average molecular weight is 337 g/mol. The highest BCUT2D eigenvalue weighted by Gasteiger charge is 2.42. The van der Waals surface area contributed by atoms with Crippen LogP contribution >= 0.6 is 0 Å². The molecule has 1 aliphatic carbocycles. The summed E-state index contributed by atoms with van der Waals surface area (Å²) in [6, 6.07) is 10.3. The Hall–Kier alpha value is -2.40. The number of hydrogen-bond acceptors (Lipinski definition) is 3. The van der Waals surface area contributed by atoms with Gasteiger partial charge in [-0.25, -0.2) is 4.98 Å². The van der Waals surface area contributed by atoms with Gasteiger partial charge in [0.15, 0.2) is 0 Å². The summed E-state index contributed by atoms with van der Waals surface area (Å²) >= 11 is 0. The molecule has 5 heteroatoms. The second-order valence-corrected chi connectivity index (χ2v) is 6.99. The van der Waals surface area contributed by atoms with Crippen LogP contribution in [-0.2, 0) is 16.1 Å². The van der Waals surface area contributed by atoms with Crippen LogP contribution in [0.3, 0.4) is 0 Å². The summed E-state index contributed by atoms with van der Waals surface area (Å²) < 4.78 is 6.09. The van der Waals surface area contributed by atoms with Crippen molar-refractivity contribution >= 4 is 12.0 Å². The number of benzene rings is 1. The van der Waals surface area contributed by atoms with Gasteiger partial charge in [0.25, 0.3) is 0 Å². The predicted molar refractivity (Wildman–Crippen MR) is 95.4 cm³/mol. The Morgan fingerprint density at radius 1 is 1.24 bits per heavy atom. The van der Waals surface area contributed by atoms with Crippen LogP contribution < -0.4 is 0 Å². The van der Waals surface area contributed by atoms with E-state index in [9.17, 15) is 4.79 Å². The van der Waals surface area contributed by atoms with E-state index in [0.717, 1.165) is 31.6 Å². The zero-order chi connectivity index (χ0) is 17.1. The van der Waals surface area contributed by atoms with Gasteiger partial charge in [-0.05, 0) is 36.3 Å². The van der Waals surface area contributed by atoms with Crippen LogP contribution in [0.4, 0.5) is 0 Å². The number of imidazole rings is 1. The molecule has 0 spiro atoms. The molecule has 1 N–H and O–H groups in total. The molecule has 1 unspecified atom stereocenters. The Labute approximate surface area is 147 Å². The number of likely N-dealkylation sites (tertiary alicyclic amines) is 1. The molecule has 2 aromatic rings. The summed E-state index contributed by atoms with van der Waals surface area (Å²) in [5.74, 6) is 1.24. The van der Waals surface area contributed by atoms with Gasteiger partial charge in [0, 0.05) is 19.2 Å². The highest BCUT2D eigenvalue weighted by Crippen LogP contribution is 2.39. The van der Waals surface area contributed by atoms with E-state index in [1.807, 2.05) is 23.1 Å². The van der Waals surface area contributed by atoms with Gasteiger partial charge in [0.2, 0.25) is 5.91 Å². The fourth-order valence-corrected chi connectivity index (χ4v) is 3.97. The van der Waals surface area contributed by atoms with Crippen molar-refractivity contribution in [2.45, 2.75) is 25.6 Å². The Balaban J connectivity index is 1.25. The second kappa shape index (κ2) is 7.23. The third kappa shape index (κ3) is 3.82. The molecule has 1 saturated heterocycles. The molecule has 25 heavy (non-hydrogen) atoms. The van der Waals surface area contributed by atoms with Crippen LogP contribution in [0.5, 0.6) is 0 Å². The average Bonchev–Trinajstić information content (AvgIpc) is 3.35. The molecule has 0 bridgehead atoms. The zero-order valence-electron chi connectivity index (χ0n) is 14.2. The lowest BCUT2D eigenvalue weighted by atomic mass is 10.0. The molecule has 2 heterocycles. The number of ether oxygens (including phenoxy) is 1. The van der Waals surface area contributed by atoms with Gasteiger partial charge in [0.1, 0.15) is 0 Å². The van der Waals surface area contributed by atoms with E-state index < -0.39 is 0 Å². The third-order valence-electron chi connectivity index (χ3n) is 5.27. The molecule has 3 atom stereocenters. The predicted octanol–water partition coefficient (Wildman–Crippen LogP) is 2.88. The Kier molecular flexibility index (Phi) is 4.65. The zero-order valence-corrected chi connectivity index (χ0v) is 14.2. The number of fused-ring (bicyclic) bond motifs is 1. The Morgan fingerprint density at radius 2 is 2.00 bits per heavy atom. The quantitative estimate of drug-likeness (QED) is 0.854. The van der Waals surface area contributed by atoms with E-state index >= 15 is 0 Å². The van der Waals surface area contributed by atoms with Crippen molar-refractivity contribution in [1.82, 2.24) is 14.9 Å². The van der Waals surface area contributed by atoms with E-state index in [-0.39, 0.29) is 5.91 Å². The highest BCUT2D eigenvalue weighted by atomic mass is 16.5. The van der Waals surface area contributed by atoms with Crippen LogP contribution in [0.25, 0.3) is 6.08 Å². The normalized spacial score (nSPS) is 25.6. The number of H-pyrrole nitrogens is 1. The molecule has 1 aliphatic heterocycles. The van der Waals surface area contributed by atoms with E-state index in [2.05, 4.69) is 22.1 Å².